The third-order valence-corrected chi connectivity index (χ3v) is 5.42. The molecule has 1 rings (SSSR count). The van der Waals surface area contributed by atoms with Gasteiger partial charge in [0.05, 0.1) is 6.10 Å². The fraction of sp³-hybridized carbons (Fsp3) is 0.917. The molecule has 0 bridgehead atoms. The van der Waals surface area contributed by atoms with Crippen molar-refractivity contribution in [2.75, 3.05) is 26.7 Å². The van der Waals surface area contributed by atoms with E-state index < -0.39 is 22.2 Å². The molecule has 0 amide bonds. The van der Waals surface area contributed by atoms with E-state index in [-0.39, 0.29) is 19.1 Å². The van der Waals surface area contributed by atoms with Crippen LogP contribution in [-0.4, -0.2) is 67.0 Å². The molecule has 1 saturated heterocycles. The van der Waals surface area contributed by atoms with Gasteiger partial charge in [-0.3, -0.25) is 4.79 Å². The number of carbonyl (C=O) groups is 1. The van der Waals surface area contributed by atoms with Crippen molar-refractivity contribution in [3.8, 4) is 0 Å². The molecule has 20 heavy (non-hydrogen) atoms. The lowest BCUT2D eigenvalue weighted by Gasteiger charge is -2.29. The normalized spacial score (nSPS) is 24.4. The number of ether oxygens (including phenoxy) is 1. The van der Waals surface area contributed by atoms with Gasteiger partial charge in [-0.25, -0.2) is 0 Å². The van der Waals surface area contributed by atoms with Gasteiger partial charge in [0.2, 0.25) is 0 Å². The Bertz CT molecular complexity index is 420. The quantitative estimate of drug-likeness (QED) is 0.706. The maximum Gasteiger partial charge on any atom is 0.322 e. The van der Waals surface area contributed by atoms with Crippen LogP contribution in [0.5, 0.6) is 0 Å². The van der Waals surface area contributed by atoms with Gasteiger partial charge in [-0.1, -0.05) is 13.8 Å². The number of methoxy groups -OCH3 is 1. The van der Waals surface area contributed by atoms with Gasteiger partial charge in [0.1, 0.15) is 6.04 Å². The highest BCUT2D eigenvalue weighted by atomic mass is 32.2. The maximum atomic E-state index is 12.6. The van der Waals surface area contributed by atoms with Gasteiger partial charge in [-0.2, -0.15) is 17.0 Å². The summed E-state index contributed by atoms with van der Waals surface area (Å²) in [6.45, 7) is 4.69. The lowest BCUT2D eigenvalue weighted by atomic mass is 10.2. The second-order valence-corrected chi connectivity index (χ2v) is 6.81. The van der Waals surface area contributed by atoms with E-state index in [0.717, 1.165) is 4.31 Å². The Labute approximate surface area is 120 Å². The van der Waals surface area contributed by atoms with Crippen LogP contribution in [0, 0.1) is 0 Å². The minimum atomic E-state index is -3.76. The van der Waals surface area contributed by atoms with E-state index >= 15 is 0 Å². The van der Waals surface area contributed by atoms with E-state index in [4.69, 9.17) is 4.74 Å². The Morgan fingerprint density at radius 2 is 1.90 bits per heavy atom. The third-order valence-electron chi connectivity index (χ3n) is 3.40. The molecule has 118 valence electrons. The average molecular weight is 308 g/mol. The number of carboxylic acids is 1. The molecule has 1 aliphatic heterocycles. The van der Waals surface area contributed by atoms with Crippen LogP contribution >= 0.6 is 0 Å². The largest absolute Gasteiger partial charge is 0.480 e. The summed E-state index contributed by atoms with van der Waals surface area (Å²) in [5, 5.41) is 9.22. The zero-order valence-corrected chi connectivity index (χ0v) is 13.1. The Kier molecular flexibility index (Phi) is 6.38. The van der Waals surface area contributed by atoms with E-state index in [1.165, 1.54) is 11.4 Å². The average Bonchev–Trinajstić information content (AvgIpc) is 2.83. The second-order valence-electron chi connectivity index (χ2n) is 4.92. The summed E-state index contributed by atoms with van der Waals surface area (Å²) in [5.74, 6) is -1.12. The highest BCUT2D eigenvalue weighted by Crippen LogP contribution is 2.25. The lowest BCUT2D eigenvalue weighted by Crippen LogP contribution is -2.49. The fourth-order valence-corrected chi connectivity index (χ4v) is 4.38. The van der Waals surface area contributed by atoms with Crippen molar-refractivity contribution < 1.29 is 23.1 Å². The highest BCUT2D eigenvalue weighted by molar-refractivity contribution is 7.86. The van der Waals surface area contributed by atoms with E-state index in [0.29, 0.717) is 25.9 Å². The number of carboxylic acid groups (broad SMARTS) is 1. The second kappa shape index (κ2) is 7.35. The molecule has 7 nitrogen and oxygen atoms in total. The van der Waals surface area contributed by atoms with Gasteiger partial charge in [0.15, 0.2) is 0 Å². The zero-order chi connectivity index (χ0) is 15.3. The molecule has 2 atom stereocenters. The fourth-order valence-electron chi connectivity index (χ4n) is 2.41. The van der Waals surface area contributed by atoms with Crippen LogP contribution in [0.1, 0.15) is 33.1 Å². The van der Waals surface area contributed by atoms with Crippen molar-refractivity contribution in [1.29, 1.82) is 0 Å². The summed E-state index contributed by atoms with van der Waals surface area (Å²) in [6, 6.07) is -1.04. The first-order chi connectivity index (χ1) is 9.38. The van der Waals surface area contributed by atoms with Crippen LogP contribution in [0.4, 0.5) is 0 Å². The summed E-state index contributed by atoms with van der Waals surface area (Å²) in [4.78, 5) is 11.3. The van der Waals surface area contributed by atoms with E-state index in [2.05, 4.69) is 0 Å². The molecule has 1 fully saturated rings. The monoisotopic (exact) mass is 308 g/mol. The topological polar surface area (TPSA) is 87.2 Å². The molecular weight excluding hydrogens is 284 g/mol. The van der Waals surface area contributed by atoms with Crippen molar-refractivity contribution in [2.45, 2.75) is 45.3 Å². The van der Waals surface area contributed by atoms with Gasteiger partial charge in [0, 0.05) is 33.2 Å². The first kappa shape index (κ1) is 17.4. The van der Waals surface area contributed by atoms with Gasteiger partial charge in [0.25, 0.3) is 10.2 Å². The first-order valence-electron chi connectivity index (χ1n) is 6.90. The van der Waals surface area contributed by atoms with Gasteiger partial charge >= 0.3 is 5.97 Å². The number of hydrogen-bond donors (Lipinski definition) is 1. The van der Waals surface area contributed by atoms with Crippen LogP contribution in [0.2, 0.25) is 0 Å². The van der Waals surface area contributed by atoms with E-state index in [1.54, 1.807) is 0 Å². The molecule has 0 radical (unpaired) electrons. The molecule has 8 heteroatoms. The summed E-state index contributed by atoms with van der Waals surface area (Å²) in [6.07, 6.45) is 1.21. The number of rotatable bonds is 8. The predicted octanol–water partition coefficient (Wildman–Crippen LogP) is 0.527. The molecule has 2 unspecified atom stereocenters. The third kappa shape index (κ3) is 3.69. The van der Waals surface area contributed by atoms with Crippen molar-refractivity contribution in [2.24, 2.45) is 0 Å². The minimum Gasteiger partial charge on any atom is -0.480 e. The Morgan fingerprint density at radius 3 is 2.30 bits per heavy atom. The maximum absolute atomic E-state index is 12.6. The molecule has 0 spiro atoms. The van der Waals surface area contributed by atoms with E-state index in [9.17, 15) is 18.3 Å². The van der Waals surface area contributed by atoms with Gasteiger partial charge in [-0.15, -0.1) is 0 Å². The Hall–Kier alpha value is -0.700. The summed E-state index contributed by atoms with van der Waals surface area (Å²) >= 11 is 0. The number of aliphatic carboxylic acids is 1. The molecule has 0 aromatic rings. The van der Waals surface area contributed by atoms with Crippen molar-refractivity contribution >= 4 is 16.2 Å². The molecular formula is C12H24N2O5S. The summed E-state index contributed by atoms with van der Waals surface area (Å²) in [5.41, 5.74) is 0. The molecule has 1 N–H and O–H groups in total. The molecule has 0 aliphatic carbocycles. The van der Waals surface area contributed by atoms with Gasteiger partial charge < -0.3 is 9.84 Å². The first-order valence-corrected chi connectivity index (χ1v) is 8.30. The molecule has 0 aromatic heterocycles. The van der Waals surface area contributed by atoms with Crippen molar-refractivity contribution in [3.63, 3.8) is 0 Å². The van der Waals surface area contributed by atoms with Crippen LogP contribution in [-0.2, 0) is 19.7 Å². The molecule has 1 heterocycles. The van der Waals surface area contributed by atoms with Crippen LogP contribution < -0.4 is 0 Å². The number of nitrogens with zero attached hydrogens (tertiary/aromatic N) is 2. The summed E-state index contributed by atoms with van der Waals surface area (Å²) < 4.78 is 32.8. The zero-order valence-electron chi connectivity index (χ0n) is 12.3. The van der Waals surface area contributed by atoms with Crippen LogP contribution in [0.3, 0.4) is 0 Å². The van der Waals surface area contributed by atoms with E-state index in [1.807, 2.05) is 13.8 Å². The lowest BCUT2D eigenvalue weighted by molar-refractivity contribution is -0.140. The number of hydrogen-bond acceptors (Lipinski definition) is 4. The highest BCUT2D eigenvalue weighted by Gasteiger charge is 2.45. The molecule has 1 aliphatic rings. The smallest absolute Gasteiger partial charge is 0.322 e. The summed E-state index contributed by atoms with van der Waals surface area (Å²) in [7, 11) is -2.29. The van der Waals surface area contributed by atoms with Crippen molar-refractivity contribution in [1.82, 2.24) is 8.61 Å². The Balaban J connectivity index is 3.00. The van der Waals surface area contributed by atoms with Gasteiger partial charge in [-0.05, 0) is 12.8 Å². The Morgan fingerprint density at radius 1 is 1.35 bits per heavy atom. The predicted molar refractivity (Wildman–Crippen MR) is 74.6 cm³/mol. The standard InChI is InChI=1S/C12H24N2O5S/c1-4-6-13(7-5-2)20(17,18)14-9-10(19-3)8-11(14)12(15)16/h10-11H,4-9H2,1-3H3,(H,15,16). The van der Waals surface area contributed by atoms with Crippen LogP contribution in [0.25, 0.3) is 0 Å². The van der Waals surface area contributed by atoms with Crippen LogP contribution in [0.15, 0.2) is 0 Å². The molecule has 0 saturated carbocycles. The van der Waals surface area contributed by atoms with Crippen molar-refractivity contribution in [3.05, 3.63) is 0 Å². The molecule has 0 aromatic carbocycles. The SMILES string of the molecule is CCCN(CCC)S(=O)(=O)N1CC(OC)CC1C(=O)O. The minimum absolute atomic E-state index is 0.0970.